The van der Waals surface area contributed by atoms with Crippen molar-refractivity contribution in [3.05, 3.63) is 77.2 Å². The first kappa shape index (κ1) is 29.1. The van der Waals surface area contributed by atoms with Gasteiger partial charge < -0.3 is 19.3 Å². The third-order valence-corrected chi connectivity index (χ3v) is 6.71. The molecule has 0 aliphatic rings. The topological polar surface area (TPSA) is 112 Å². The molecule has 0 amide bonds. The third-order valence-electron chi connectivity index (χ3n) is 5.68. The molecular weight excluding hydrogens is 513 g/mol. The van der Waals surface area contributed by atoms with Crippen molar-refractivity contribution in [2.45, 2.75) is 39.4 Å². The van der Waals surface area contributed by atoms with Gasteiger partial charge in [0.05, 0.1) is 24.9 Å². The molecule has 204 valence electrons. The molecule has 1 aromatic heterocycles. The number of aromatic nitrogens is 1. The highest BCUT2D eigenvalue weighted by atomic mass is 32.2. The molecular formula is C28H32FNO7S. The number of halogens is 1. The summed E-state index contributed by atoms with van der Waals surface area (Å²) < 4.78 is 54.1. The van der Waals surface area contributed by atoms with Crippen molar-refractivity contribution in [1.82, 2.24) is 4.98 Å². The molecule has 0 saturated carbocycles. The molecule has 0 spiro atoms. The summed E-state index contributed by atoms with van der Waals surface area (Å²) in [7, 11) is -3.05. The maximum atomic E-state index is 14.7. The van der Waals surface area contributed by atoms with Crippen LogP contribution in [0.25, 0.3) is 11.1 Å². The van der Waals surface area contributed by atoms with Crippen LogP contribution in [0.5, 0.6) is 11.6 Å². The zero-order valence-corrected chi connectivity index (χ0v) is 22.5. The summed E-state index contributed by atoms with van der Waals surface area (Å²) in [5.74, 6) is -0.371. The zero-order valence-electron chi connectivity index (χ0n) is 21.6. The fraction of sp³-hybridized carbons (Fsp3) is 0.357. The Morgan fingerprint density at radius 2 is 1.79 bits per heavy atom. The van der Waals surface area contributed by atoms with Crippen LogP contribution in [0.1, 0.15) is 42.7 Å². The Morgan fingerprint density at radius 1 is 1.05 bits per heavy atom. The van der Waals surface area contributed by atoms with E-state index >= 15 is 0 Å². The second kappa shape index (κ2) is 13.3. The Kier molecular flexibility index (Phi) is 10.2. The molecule has 0 radical (unpaired) electrons. The van der Waals surface area contributed by atoms with Crippen molar-refractivity contribution in [1.29, 1.82) is 0 Å². The van der Waals surface area contributed by atoms with E-state index in [0.29, 0.717) is 41.5 Å². The fourth-order valence-corrected chi connectivity index (χ4v) is 4.49. The van der Waals surface area contributed by atoms with Crippen molar-refractivity contribution >= 4 is 15.8 Å². The van der Waals surface area contributed by atoms with Crippen LogP contribution in [0.2, 0.25) is 0 Å². The normalized spacial score (nSPS) is 12.2. The summed E-state index contributed by atoms with van der Waals surface area (Å²) >= 11 is 0. The molecule has 3 rings (SSSR count). The van der Waals surface area contributed by atoms with Gasteiger partial charge in [0, 0.05) is 35.7 Å². The number of nitrogens with zero attached hydrogens (tertiary/aromatic N) is 1. The highest BCUT2D eigenvalue weighted by Crippen LogP contribution is 2.29. The first-order valence-electron chi connectivity index (χ1n) is 12.2. The molecule has 0 unspecified atom stereocenters. The molecule has 2 aromatic carbocycles. The minimum absolute atomic E-state index is 0.0345. The lowest BCUT2D eigenvalue weighted by atomic mass is 10.0. The Bertz CT molecular complexity index is 1340. The molecule has 0 aliphatic carbocycles. The highest BCUT2D eigenvalue weighted by Gasteiger charge is 2.16. The number of rotatable bonds is 14. The van der Waals surface area contributed by atoms with Crippen molar-refractivity contribution in [2.75, 3.05) is 25.2 Å². The SMILES string of the molecule is CCO[C@@H](CC(=O)O)c1ccc(OCc2ccc(F)c(-c3ccc(OCCCS(C)(=O)=O)nc3C)c2)cc1. The molecule has 0 aliphatic heterocycles. The molecule has 0 bridgehead atoms. The molecule has 8 nitrogen and oxygen atoms in total. The number of pyridine rings is 1. The summed E-state index contributed by atoms with van der Waals surface area (Å²) in [5.41, 5.74) is 3.06. The lowest BCUT2D eigenvalue weighted by Gasteiger charge is -2.16. The maximum Gasteiger partial charge on any atom is 0.306 e. The number of benzene rings is 2. The minimum atomic E-state index is -3.05. The van der Waals surface area contributed by atoms with Crippen molar-refractivity contribution in [2.24, 2.45) is 0 Å². The molecule has 1 heterocycles. The van der Waals surface area contributed by atoms with E-state index in [4.69, 9.17) is 19.3 Å². The van der Waals surface area contributed by atoms with Gasteiger partial charge in [-0.3, -0.25) is 4.79 Å². The van der Waals surface area contributed by atoms with E-state index in [1.54, 1.807) is 55.5 Å². The van der Waals surface area contributed by atoms with E-state index < -0.39 is 27.7 Å². The zero-order chi connectivity index (χ0) is 27.7. The van der Waals surface area contributed by atoms with Gasteiger partial charge in [-0.2, -0.15) is 0 Å². The summed E-state index contributed by atoms with van der Waals surface area (Å²) in [4.78, 5) is 15.5. The van der Waals surface area contributed by atoms with Crippen LogP contribution in [0.3, 0.4) is 0 Å². The lowest BCUT2D eigenvalue weighted by Crippen LogP contribution is -2.10. The van der Waals surface area contributed by atoms with Crippen LogP contribution in [0.15, 0.2) is 54.6 Å². The van der Waals surface area contributed by atoms with Gasteiger partial charge in [-0.25, -0.2) is 17.8 Å². The first-order valence-corrected chi connectivity index (χ1v) is 14.2. The van der Waals surface area contributed by atoms with Crippen molar-refractivity contribution < 1.29 is 36.9 Å². The molecule has 1 N–H and O–H groups in total. The standard InChI is InChI=1S/C28H32FNO7S/c1-4-35-26(17-28(31)32)21-7-9-22(10-8-21)37-18-20-6-12-25(29)24(16-20)23-11-13-27(30-19(23)2)36-14-5-15-38(3,33)34/h6-13,16,26H,4-5,14-15,17-18H2,1-3H3,(H,31,32)/t26-/m0/s1. The second-order valence-electron chi connectivity index (χ2n) is 8.83. The highest BCUT2D eigenvalue weighted by molar-refractivity contribution is 7.90. The third kappa shape index (κ3) is 8.81. The second-order valence-corrected chi connectivity index (χ2v) is 11.1. The number of aliphatic carboxylic acids is 1. The van der Waals surface area contributed by atoms with E-state index in [9.17, 15) is 17.6 Å². The summed E-state index contributed by atoms with van der Waals surface area (Å²) in [6.45, 7) is 4.38. The molecule has 10 heteroatoms. The van der Waals surface area contributed by atoms with Crippen LogP contribution >= 0.6 is 0 Å². The van der Waals surface area contributed by atoms with Gasteiger partial charge in [-0.15, -0.1) is 0 Å². The number of sulfone groups is 1. The van der Waals surface area contributed by atoms with Crippen LogP contribution in [-0.4, -0.2) is 49.7 Å². The number of ether oxygens (including phenoxy) is 3. The number of hydrogen-bond acceptors (Lipinski definition) is 7. The number of aryl methyl sites for hydroxylation is 1. The van der Waals surface area contributed by atoms with Crippen LogP contribution in [-0.2, 0) is 26.0 Å². The van der Waals surface area contributed by atoms with Gasteiger partial charge in [0.1, 0.15) is 28.0 Å². The number of hydrogen-bond donors (Lipinski definition) is 1. The maximum absolute atomic E-state index is 14.7. The van der Waals surface area contributed by atoms with Crippen LogP contribution in [0, 0.1) is 12.7 Å². The number of carboxylic acid groups (broad SMARTS) is 1. The molecule has 0 saturated heterocycles. The lowest BCUT2D eigenvalue weighted by molar-refractivity contribution is -0.140. The van der Waals surface area contributed by atoms with Gasteiger partial charge in [0.25, 0.3) is 0 Å². The molecule has 1 atom stereocenters. The minimum Gasteiger partial charge on any atom is -0.489 e. The van der Waals surface area contributed by atoms with E-state index in [-0.39, 0.29) is 25.4 Å². The smallest absolute Gasteiger partial charge is 0.306 e. The predicted octanol–water partition coefficient (Wildman–Crippen LogP) is 5.14. The fourth-order valence-electron chi connectivity index (χ4n) is 3.85. The monoisotopic (exact) mass is 545 g/mol. The first-order chi connectivity index (χ1) is 18.1. The van der Waals surface area contributed by atoms with Crippen molar-refractivity contribution in [3.8, 4) is 22.8 Å². The average Bonchev–Trinajstić information content (AvgIpc) is 2.86. The Morgan fingerprint density at radius 3 is 2.42 bits per heavy atom. The molecule has 0 fully saturated rings. The van der Waals surface area contributed by atoms with Gasteiger partial charge >= 0.3 is 5.97 Å². The number of carboxylic acids is 1. The van der Waals surface area contributed by atoms with Gasteiger partial charge in [0.2, 0.25) is 5.88 Å². The molecule has 3 aromatic rings. The quantitative estimate of drug-likeness (QED) is 0.277. The van der Waals surface area contributed by atoms with Gasteiger partial charge in [0.15, 0.2) is 0 Å². The average molecular weight is 546 g/mol. The van der Waals surface area contributed by atoms with E-state index in [1.165, 1.54) is 12.3 Å². The molecule has 38 heavy (non-hydrogen) atoms. The Labute approximate surface area is 222 Å². The van der Waals surface area contributed by atoms with E-state index in [0.717, 1.165) is 11.1 Å². The summed E-state index contributed by atoms with van der Waals surface area (Å²) in [6, 6.07) is 15.1. The Hall–Kier alpha value is -3.50. The van der Waals surface area contributed by atoms with E-state index in [2.05, 4.69) is 4.98 Å². The van der Waals surface area contributed by atoms with Crippen LogP contribution < -0.4 is 9.47 Å². The van der Waals surface area contributed by atoms with Gasteiger partial charge in [-0.1, -0.05) is 18.2 Å². The van der Waals surface area contributed by atoms with Crippen LogP contribution in [0.4, 0.5) is 4.39 Å². The summed E-state index contributed by atoms with van der Waals surface area (Å²) in [5, 5.41) is 9.10. The summed E-state index contributed by atoms with van der Waals surface area (Å²) in [6.07, 6.45) is 0.872. The van der Waals surface area contributed by atoms with E-state index in [1.807, 2.05) is 6.92 Å². The Balaban J connectivity index is 1.66. The predicted molar refractivity (Wildman–Crippen MR) is 142 cm³/mol. The largest absolute Gasteiger partial charge is 0.489 e. The number of carbonyl (C=O) groups is 1. The van der Waals surface area contributed by atoms with Crippen molar-refractivity contribution in [3.63, 3.8) is 0 Å². The van der Waals surface area contributed by atoms with Gasteiger partial charge in [-0.05, 0) is 61.7 Å².